The molecule has 108 valence electrons. The van der Waals surface area contributed by atoms with Gasteiger partial charge in [0.1, 0.15) is 5.82 Å². The maximum atomic E-state index is 12.4. The van der Waals surface area contributed by atoms with Crippen LogP contribution in [0, 0.1) is 6.92 Å². The third kappa shape index (κ3) is 2.87. The predicted molar refractivity (Wildman–Crippen MR) is 81.9 cm³/mol. The first-order valence-corrected chi connectivity index (χ1v) is 6.98. The molecule has 3 rings (SSSR count). The van der Waals surface area contributed by atoms with Gasteiger partial charge in [0, 0.05) is 17.3 Å². The smallest absolute Gasteiger partial charge is 0.251 e. The van der Waals surface area contributed by atoms with Crippen molar-refractivity contribution in [2.75, 3.05) is 5.43 Å². The van der Waals surface area contributed by atoms with E-state index in [4.69, 9.17) is 5.84 Å². The van der Waals surface area contributed by atoms with Crippen molar-refractivity contribution in [3.05, 3.63) is 58.8 Å². The molecule has 0 radical (unpaired) electrons. The van der Waals surface area contributed by atoms with E-state index in [0.29, 0.717) is 11.4 Å². The van der Waals surface area contributed by atoms with Gasteiger partial charge in [-0.3, -0.25) is 4.79 Å². The van der Waals surface area contributed by atoms with Gasteiger partial charge in [-0.2, -0.15) is 0 Å². The fourth-order valence-corrected chi connectivity index (χ4v) is 2.80. The molecule has 2 aromatic rings. The Morgan fingerprint density at radius 3 is 2.52 bits per heavy atom. The lowest BCUT2D eigenvalue weighted by atomic mass is 10.1. The van der Waals surface area contributed by atoms with E-state index < -0.39 is 0 Å². The first-order valence-electron chi connectivity index (χ1n) is 6.98. The Kier molecular flexibility index (Phi) is 3.58. The van der Waals surface area contributed by atoms with E-state index in [1.807, 2.05) is 19.1 Å². The number of hydrogen-bond donors (Lipinski definition) is 3. The van der Waals surface area contributed by atoms with Gasteiger partial charge in [-0.1, -0.05) is 24.3 Å². The molecule has 4 N–H and O–H groups in total. The molecule has 0 aliphatic heterocycles. The van der Waals surface area contributed by atoms with Crippen LogP contribution in [-0.2, 0) is 12.8 Å². The fraction of sp³-hybridized carbons (Fsp3) is 0.250. The number of nitrogens with two attached hydrogens (primary N) is 1. The summed E-state index contributed by atoms with van der Waals surface area (Å²) in [5.41, 5.74) is 6.45. The zero-order valence-corrected chi connectivity index (χ0v) is 11.9. The van der Waals surface area contributed by atoms with Crippen molar-refractivity contribution in [1.82, 2.24) is 10.3 Å². The normalized spacial score (nSPS) is 13.8. The molecule has 1 aromatic carbocycles. The second-order valence-corrected chi connectivity index (χ2v) is 5.37. The second-order valence-electron chi connectivity index (χ2n) is 5.37. The van der Waals surface area contributed by atoms with Gasteiger partial charge in [0.05, 0.1) is 0 Å². The highest BCUT2D eigenvalue weighted by molar-refractivity contribution is 5.95. The number of hydrogen-bond acceptors (Lipinski definition) is 4. The zero-order chi connectivity index (χ0) is 14.8. The van der Waals surface area contributed by atoms with E-state index in [-0.39, 0.29) is 11.9 Å². The molecule has 0 atom stereocenters. The third-order valence-electron chi connectivity index (χ3n) is 3.75. The van der Waals surface area contributed by atoms with Crippen LogP contribution in [0.4, 0.5) is 5.82 Å². The van der Waals surface area contributed by atoms with Crippen LogP contribution in [0.25, 0.3) is 0 Å². The molecule has 1 amide bonds. The zero-order valence-electron chi connectivity index (χ0n) is 11.9. The Morgan fingerprint density at radius 1 is 1.24 bits per heavy atom. The SMILES string of the molecule is Cc1cc(C(=O)NC2Cc3ccccc3C2)cc(NN)n1. The van der Waals surface area contributed by atoms with Gasteiger partial charge >= 0.3 is 0 Å². The first kappa shape index (κ1) is 13.6. The van der Waals surface area contributed by atoms with Crippen LogP contribution in [0.1, 0.15) is 27.2 Å². The van der Waals surface area contributed by atoms with Crippen molar-refractivity contribution in [3.8, 4) is 0 Å². The van der Waals surface area contributed by atoms with E-state index >= 15 is 0 Å². The van der Waals surface area contributed by atoms with E-state index in [9.17, 15) is 4.79 Å². The number of carbonyl (C=O) groups is 1. The number of hydrazine groups is 1. The molecule has 1 aliphatic rings. The molecule has 1 aromatic heterocycles. The summed E-state index contributed by atoms with van der Waals surface area (Å²) in [4.78, 5) is 16.5. The number of rotatable bonds is 3. The Bertz CT molecular complexity index is 659. The van der Waals surface area contributed by atoms with Crippen molar-refractivity contribution in [3.63, 3.8) is 0 Å². The van der Waals surface area contributed by atoms with E-state index in [1.165, 1.54) is 11.1 Å². The highest BCUT2D eigenvalue weighted by atomic mass is 16.1. The topological polar surface area (TPSA) is 80.0 Å². The minimum Gasteiger partial charge on any atom is -0.349 e. The molecule has 0 fully saturated rings. The average molecular weight is 282 g/mol. The average Bonchev–Trinajstić information content (AvgIpc) is 2.88. The summed E-state index contributed by atoms with van der Waals surface area (Å²) in [7, 11) is 0. The molecule has 0 saturated carbocycles. The number of pyridine rings is 1. The van der Waals surface area contributed by atoms with Gasteiger partial charge in [-0.15, -0.1) is 0 Å². The van der Waals surface area contributed by atoms with Gasteiger partial charge in [0.25, 0.3) is 5.91 Å². The summed E-state index contributed by atoms with van der Waals surface area (Å²) in [5.74, 6) is 5.77. The summed E-state index contributed by atoms with van der Waals surface area (Å²) >= 11 is 0. The van der Waals surface area contributed by atoms with Crippen LogP contribution in [0.2, 0.25) is 0 Å². The largest absolute Gasteiger partial charge is 0.349 e. The number of anilines is 1. The van der Waals surface area contributed by atoms with E-state index in [0.717, 1.165) is 18.5 Å². The van der Waals surface area contributed by atoms with Gasteiger partial charge in [-0.25, -0.2) is 10.8 Å². The molecular formula is C16H18N4O. The Hall–Kier alpha value is -2.40. The van der Waals surface area contributed by atoms with Crippen LogP contribution in [0.15, 0.2) is 36.4 Å². The van der Waals surface area contributed by atoms with Crippen LogP contribution < -0.4 is 16.6 Å². The highest BCUT2D eigenvalue weighted by Crippen LogP contribution is 2.22. The number of aryl methyl sites for hydroxylation is 1. The minimum absolute atomic E-state index is 0.0881. The van der Waals surface area contributed by atoms with Crippen molar-refractivity contribution >= 4 is 11.7 Å². The van der Waals surface area contributed by atoms with E-state index in [2.05, 4.69) is 27.9 Å². The quantitative estimate of drug-likeness (QED) is 0.590. The van der Waals surface area contributed by atoms with Crippen LogP contribution in [-0.4, -0.2) is 16.9 Å². The Morgan fingerprint density at radius 2 is 1.90 bits per heavy atom. The highest BCUT2D eigenvalue weighted by Gasteiger charge is 2.23. The maximum Gasteiger partial charge on any atom is 0.251 e. The number of nitrogens with zero attached hydrogens (tertiary/aromatic N) is 1. The monoisotopic (exact) mass is 282 g/mol. The van der Waals surface area contributed by atoms with Crippen LogP contribution in [0.3, 0.4) is 0 Å². The number of carbonyl (C=O) groups excluding carboxylic acids is 1. The summed E-state index contributed by atoms with van der Waals surface area (Å²) < 4.78 is 0. The molecular weight excluding hydrogens is 264 g/mol. The number of nitrogen functional groups attached to an aromatic ring is 1. The molecule has 0 spiro atoms. The Labute approximate surface area is 123 Å². The molecule has 1 heterocycles. The number of amides is 1. The lowest BCUT2D eigenvalue weighted by molar-refractivity contribution is 0.0938. The molecule has 0 bridgehead atoms. The third-order valence-corrected chi connectivity index (χ3v) is 3.75. The van der Waals surface area contributed by atoms with Gasteiger partial charge in [0.2, 0.25) is 0 Å². The number of nitrogens with one attached hydrogen (secondary N) is 2. The van der Waals surface area contributed by atoms with Crippen molar-refractivity contribution in [2.45, 2.75) is 25.8 Å². The summed E-state index contributed by atoms with van der Waals surface area (Å²) in [6.45, 7) is 1.84. The molecule has 21 heavy (non-hydrogen) atoms. The first-order chi connectivity index (χ1) is 10.2. The molecule has 0 saturated heterocycles. The van der Waals surface area contributed by atoms with Crippen LogP contribution >= 0.6 is 0 Å². The minimum atomic E-state index is -0.0881. The van der Waals surface area contributed by atoms with Gasteiger partial charge in [0.15, 0.2) is 0 Å². The second kappa shape index (κ2) is 5.54. The molecule has 5 heteroatoms. The number of aromatic nitrogens is 1. The molecule has 1 aliphatic carbocycles. The van der Waals surface area contributed by atoms with Gasteiger partial charge < -0.3 is 10.7 Å². The number of benzene rings is 1. The number of fused-ring (bicyclic) bond motifs is 1. The van der Waals surface area contributed by atoms with Crippen molar-refractivity contribution in [1.29, 1.82) is 0 Å². The van der Waals surface area contributed by atoms with Gasteiger partial charge in [-0.05, 0) is 43.0 Å². The lowest BCUT2D eigenvalue weighted by Gasteiger charge is -2.13. The lowest BCUT2D eigenvalue weighted by Crippen LogP contribution is -2.35. The summed E-state index contributed by atoms with van der Waals surface area (Å²) in [6.07, 6.45) is 1.77. The van der Waals surface area contributed by atoms with Crippen LogP contribution in [0.5, 0.6) is 0 Å². The van der Waals surface area contributed by atoms with Crippen molar-refractivity contribution in [2.24, 2.45) is 5.84 Å². The maximum absolute atomic E-state index is 12.4. The fourth-order valence-electron chi connectivity index (χ4n) is 2.80. The van der Waals surface area contributed by atoms with Crippen molar-refractivity contribution < 1.29 is 4.79 Å². The summed E-state index contributed by atoms with van der Waals surface area (Å²) in [5, 5.41) is 3.09. The summed E-state index contributed by atoms with van der Waals surface area (Å²) in [6, 6.07) is 11.9. The van der Waals surface area contributed by atoms with E-state index in [1.54, 1.807) is 12.1 Å². The predicted octanol–water partition coefficient (Wildman–Crippen LogP) is 1.57. The standard InChI is InChI=1S/C16H18N4O/c1-10-6-13(9-15(18-10)20-17)16(21)19-14-7-11-4-2-3-5-12(11)8-14/h2-6,9,14H,7-8,17H2,1H3,(H,18,20)(H,19,21). The molecule has 5 nitrogen and oxygen atoms in total. The Balaban J connectivity index is 1.72. The molecule has 0 unspecified atom stereocenters.